The van der Waals surface area contributed by atoms with Gasteiger partial charge in [-0.3, -0.25) is 0 Å². The molecule has 1 aliphatic heterocycles. The van der Waals surface area contributed by atoms with Crippen molar-refractivity contribution in [1.82, 2.24) is 5.32 Å². The number of hydrogen-bond donors (Lipinski definition) is 2. The fourth-order valence-corrected chi connectivity index (χ4v) is 2.44. The minimum absolute atomic E-state index is 0.0659. The summed E-state index contributed by atoms with van der Waals surface area (Å²) in [6.07, 6.45) is 1.55. The average Bonchev–Trinajstić information content (AvgIpc) is 2.47. The van der Waals surface area contributed by atoms with E-state index < -0.39 is 17.9 Å². The minimum atomic E-state index is -1.06. The molecule has 0 spiro atoms. The second-order valence-electron chi connectivity index (χ2n) is 5.16. The Kier molecular flexibility index (Phi) is 4.65. The van der Waals surface area contributed by atoms with Crippen LogP contribution in [0.1, 0.15) is 30.9 Å². The SMILES string of the molecule is CCOC(=O)C1=C(C)NC(C(=O)O)=CC1c1ccc(C)cc1. The molecule has 0 bridgehead atoms. The monoisotopic (exact) mass is 301 g/mol. The van der Waals surface area contributed by atoms with Gasteiger partial charge in [0.15, 0.2) is 0 Å². The molecule has 5 nitrogen and oxygen atoms in total. The number of carbonyl (C=O) groups excluding carboxylic acids is 1. The zero-order valence-corrected chi connectivity index (χ0v) is 12.8. The lowest BCUT2D eigenvalue weighted by molar-refractivity contribution is -0.139. The van der Waals surface area contributed by atoms with E-state index in [0.29, 0.717) is 11.3 Å². The van der Waals surface area contributed by atoms with Gasteiger partial charge in [-0.15, -0.1) is 0 Å². The maximum Gasteiger partial charge on any atom is 0.351 e. The van der Waals surface area contributed by atoms with E-state index in [1.54, 1.807) is 19.9 Å². The van der Waals surface area contributed by atoms with Gasteiger partial charge in [-0.05, 0) is 32.4 Å². The first-order valence-electron chi connectivity index (χ1n) is 7.10. The molecule has 0 saturated heterocycles. The fourth-order valence-electron chi connectivity index (χ4n) is 2.44. The molecule has 0 aliphatic carbocycles. The van der Waals surface area contributed by atoms with Crippen molar-refractivity contribution >= 4 is 11.9 Å². The fraction of sp³-hybridized carbons (Fsp3) is 0.294. The summed E-state index contributed by atoms with van der Waals surface area (Å²) in [5, 5.41) is 12.0. The third-order valence-electron chi connectivity index (χ3n) is 3.53. The number of esters is 1. The zero-order chi connectivity index (χ0) is 16.3. The van der Waals surface area contributed by atoms with Crippen LogP contribution in [0.5, 0.6) is 0 Å². The molecule has 1 heterocycles. The Hall–Kier alpha value is -2.56. The van der Waals surface area contributed by atoms with Crippen LogP contribution in [-0.4, -0.2) is 23.7 Å². The number of carbonyl (C=O) groups is 2. The third-order valence-corrected chi connectivity index (χ3v) is 3.53. The molecule has 0 saturated carbocycles. The van der Waals surface area contributed by atoms with E-state index in [-0.39, 0.29) is 12.3 Å². The lowest BCUT2D eigenvalue weighted by atomic mass is 9.86. The molecular weight excluding hydrogens is 282 g/mol. The summed E-state index contributed by atoms with van der Waals surface area (Å²) < 4.78 is 5.11. The van der Waals surface area contributed by atoms with Gasteiger partial charge in [-0.1, -0.05) is 29.8 Å². The van der Waals surface area contributed by atoms with Gasteiger partial charge >= 0.3 is 11.9 Å². The molecule has 22 heavy (non-hydrogen) atoms. The highest BCUT2D eigenvalue weighted by atomic mass is 16.5. The second-order valence-corrected chi connectivity index (χ2v) is 5.16. The van der Waals surface area contributed by atoms with Crippen LogP contribution in [0, 0.1) is 6.92 Å². The normalized spacial score (nSPS) is 17.6. The minimum Gasteiger partial charge on any atom is -0.477 e. The Morgan fingerprint density at radius 3 is 2.41 bits per heavy atom. The van der Waals surface area contributed by atoms with Crippen LogP contribution >= 0.6 is 0 Å². The first-order chi connectivity index (χ1) is 10.4. The van der Waals surface area contributed by atoms with Gasteiger partial charge in [0.2, 0.25) is 0 Å². The van der Waals surface area contributed by atoms with Crippen LogP contribution in [0.3, 0.4) is 0 Å². The van der Waals surface area contributed by atoms with Gasteiger partial charge in [0.25, 0.3) is 0 Å². The number of benzene rings is 1. The highest BCUT2D eigenvalue weighted by molar-refractivity contribution is 5.95. The Bertz CT molecular complexity index is 656. The predicted octanol–water partition coefficient (Wildman–Crippen LogP) is 2.49. The Balaban J connectivity index is 2.49. The van der Waals surface area contributed by atoms with E-state index >= 15 is 0 Å². The van der Waals surface area contributed by atoms with Gasteiger partial charge in [0.05, 0.1) is 12.2 Å². The molecule has 0 aromatic heterocycles. The van der Waals surface area contributed by atoms with Crippen molar-refractivity contribution in [2.24, 2.45) is 0 Å². The number of aryl methyl sites for hydroxylation is 1. The maximum atomic E-state index is 12.2. The molecule has 0 amide bonds. The molecular formula is C17H19NO4. The standard InChI is InChI=1S/C17H19NO4/c1-4-22-17(21)15-11(3)18-14(16(19)20)9-13(15)12-7-5-10(2)6-8-12/h5-9,13,18H,4H2,1-3H3,(H,19,20). The molecule has 1 atom stereocenters. The Labute approximate surface area is 129 Å². The van der Waals surface area contributed by atoms with Crippen LogP contribution in [-0.2, 0) is 14.3 Å². The quantitative estimate of drug-likeness (QED) is 0.836. The van der Waals surface area contributed by atoms with Gasteiger partial charge in [0, 0.05) is 11.6 Å². The van der Waals surface area contributed by atoms with E-state index in [2.05, 4.69) is 5.32 Å². The van der Waals surface area contributed by atoms with Crippen molar-refractivity contribution in [3.8, 4) is 0 Å². The molecule has 2 N–H and O–H groups in total. The predicted molar refractivity (Wildman–Crippen MR) is 82.1 cm³/mol. The summed E-state index contributed by atoms with van der Waals surface area (Å²) in [5.74, 6) is -1.93. The molecule has 1 aromatic carbocycles. The van der Waals surface area contributed by atoms with Crippen LogP contribution in [0.2, 0.25) is 0 Å². The third kappa shape index (κ3) is 3.19. The van der Waals surface area contributed by atoms with Crippen molar-refractivity contribution < 1.29 is 19.4 Å². The summed E-state index contributed by atoms with van der Waals surface area (Å²) in [4.78, 5) is 23.5. The second kappa shape index (κ2) is 6.47. The number of allylic oxidation sites excluding steroid dienone is 2. The number of ether oxygens (including phenoxy) is 1. The van der Waals surface area contributed by atoms with Crippen molar-refractivity contribution in [1.29, 1.82) is 0 Å². The van der Waals surface area contributed by atoms with E-state index in [4.69, 9.17) is 4.74 Å². The maximum absolute atomic E-state index is 12.2. The van der Waals surface area contributed by atoms with E-state index in [9.17, 15) is 14.7 Å². The summed E-state index contributed by atoms with van der Waals surface area (Å²) >= 11 is 0. The van der Waals surface area contributed by atoms with Gasteiger partial charge in [-0.2, -0.15) is 0 Å². The average molecular weight is 301 g/mol. The van der Waals surface area contributed by atoms with Crippen LogP contribution in [0.15, 0.2) is 47.3 Å². The lowest BCUT2D eigenvalue weighted by Crippen LogP contribution is -2.29. The Morgan fingerprint density at radius 1 is 1.23 bits per heavy atom. The summed E-state index contributed by atoms with van der Waals surface area (Å²) in [6.45, 7) is 5.66. The van der Waals surface area contributed by atoms with E-state index in [1.165, 1.54) is 0 Å². The first kappa shape index (κ1) is 15.8. The molecule has 0 fully saturated rings. The smallest absolute Gasteiger partial charge is 0.351 e. The van der Waals surface area contributed by atoms with Crippen LogP contribution < -0.4 is 5.32 Å². The van der Waals surface area contributed by atoms with Crippen molar-refractivity contribution in [2.75, 3.05) is 6.61 Å². The number of aliphatic carboxylic acids is 1. The van der Waals surface area contributed by atoms with Crippen molar-refractivity contribution in [3.05, 3.63) is 58.4 Å². The largest absolute Gasteiger partial charge is 0.477 e. The summed E-state index contributed by atoms with van der Waals surface area (Å²) in [6, 6.07) is 7.66. The molecule has 1 unspecified atom stereocenters. The number of hydrogen-bond acceptors (Lipinski definition) is 4. The number of carboxylic acids is 1. The highest BCUT2D eigenvalue weighted by Gasteiger charge is 2.30. The van der Waals surface area contributed by atoms with Crippen molar-refractivity contribution in [3.63, 3.8) is 0 Å². The molecule has 1 aromatic rings. The van der Waals surface area contributed by atoms with Gasteiger partial charge < -0.3 is 15.2 Å². The first-order valence-corrected chi connectivity index (χ1v) is 7.10. The number of rotatable bonds is 4. The lowest BCUT2D eigenvalue weighted by Gasteiger charge is -2.25. The van der Waals surface area contributed by atoms with Crippen LogP contribution in [0.4, 0.5) is 0 Å². The number of nitrogens with one attached hydrogen (secondary N) is 1. The molecule has 116 valence electrons. The zero-order valence-electron chi connectivity index (χ0n) is 12.8. The molecule has 1 aliphatic rings. The highest BCUT2D eigenvalue weighted by Crippen LogP contribution is 2.33. The Morgan fingerprint density at radius 2 is 1.86 bits per heavy atom. The number of dihydropyridines is 1. The number of carboxylic acid groups (broad SMARTS) is 1. The summed E-state index contributed by atoms with van der Waals surface area (Å²) in [7, 11) is 0. The van der Waals surface area contributed by atoms with Crippen molar-refractivity contribution in [2.45, 2.75) is 26.7 Å². The molecule has 0 radical (unpaired) electrons. The topological polar surface area (TPSA) is 75.6 Å². The van der Waals surface area contributed by atoms with E-state index in [0.717, 1.165) is 11.1 Å². The van der Waals surface area contributed by atoms with Gasteiger partial charge in [0.1, 0.15) is 5.70 Å². The van der Waals surface area contributed by atoms with Gasteiger partial charge in [-0.25, -0.2) is 9.59 Å². The molecule has 5 heteroatoms. The van der Waals surface area contributed by atoms with E-state index in [1.807, 2.05) is 31.2 Å². The molecule has 2 rings (SSSR count). The summed E-state index contributed by atoms with van der Waals surface area (Å²) in [5.41, 5.74) is 2.96. The van der Waals surface area contributed by atoms with Crippen LogP contribution in [0.25, 0.3) is 0 Å².